The summed E-state index contributed by atoms with van der Waals surface area (Å²) in [6.45, 7) is 1.58. The fourth-order valence-corrected chi connectivity index (χ4v) is 7.05. The van der Waals surface area contributed by atoms with Crippen LogP contribution in [0, 0.1) is 6.92 Å². The zero-order valence-corrected chi connectivity index (χ0v) is 24.7. The van der Waals surface area contributed by atoms with Gasteiger partial charge in [-0.1, -0.05) is 46.7 Å². The van der Waals surface area contributed by atoms with Gasteiger partial charge in [-0.15, -0.1) is 28.2 Å². The lowest BCUT2D eigenvalue weighted by molar-refractivity contribution is -0.150. The van der Waals surface area contributed by atoms with Crippen molar-refractivity contribution in [2.45, 2.75) is 36.6 Å². The Morgan fingerprint density at radius 2 is 2.02 bits per heavy atom. The molecular formula is C24H23N9O7S3. The summed E-state index contributed by atoms with van der Waals surface area (Å²) < 4.78 is 1.08. The number of rotatable bonds is 12. The van der Waals surface area contributed by atoms with Crippen LogP contribution < -0.4 is 11.1 Å². The van der Waals surface area contributed by atoms with Crippen molar-refractivity contribution in [2.75, 3.05) is 17.2 Å². The number of thioether (sulfide) groups is 2. The molecule has 1 fully saturated rings. The molecule has 4 heterocycles. The van der Waals surface area contributed by atoms with Gasteiger partial charge in [0, 0.05) is 16.9 Å². The van der Waals surface area contributed by atoms with Crippen LogP contribution in [0.4, 0.5) is 5.13 Å². The number of fused-ring (bicyclic) bond motifs is 1. The zero-order valence-electron chi connectivity index (χ0n) is 22.2. The number of hydrogen-bond acceptors (Lipinski definition) is 14. The molecule has 3 aromatic rings. The van der Waals surface area contributed by atoms with Crippen LogP contribution in [-0.2, 0) is 37.2 Å². The van der Waals surface area contributed by atoms with Crippen molar-refractivity contribution in [3.8, 4) is 0 Å². The van der Waals surface area contributed by atoms with Gasteiger partial charge in [0.25, 0.3) is 11.8 Å². The number of anilines is 1. The van der Waals surface area contributed by atoms with Crippen molar-refractivity contribution in [3.05, 3.63) is 57.7 Å². The van der Waals surface area contributed by atoms with Gasteiger partial charge in [-0.3, -0.25) is 19.3 Å². The number of carboxylic acids is 2. The Morgan fingerprint density at radius 3 is 2.70 bits per heavy atom. The molecule has 0 spiro atoms. The molecule has 2 aliphatic rings. The predicted molar refractivity (Wildman–Crippen MR) is 155 cm³/mol. The number of carbonyl (C=O) groups excluding carboxylic acids is 2. The van der Waals surface area contributed by atoms with Gasteiger partial charge in [0.1, 0.15) is 36.0 Å². The van der Waals surface area contributed by atoms with Gasteiger partial charge in [0.2, 0.25) is 5.16 Å². The molecule has 2 amide bonds. The highest BCUT2D eigenvalue weighted by atomic mass is 32.2. The second-order valence-electron chi connectivity index (χ2n) is 9.19. The molecule has 2 aliphatic heterocycles. The number of nitrogens with two attached hydrogens (primary N) is 1. The number of carbonyl (C=O) groups is 4. The first-order valence-electron chi connectivity index (χ1n) is 12.4. The molecule has 0 saturated carbocycles. The van der Waals surface area contributed by atoms with E-state index in [1.807, 2.05) is 31.2 Å². The van der Waals surface area contributed by atoms with E-state index in [-0.39, 0.29) is 45.5 Å². The summed E-state index contributed by atoms with van der Waals surface area (Å²) in [5.74, 6) is -3.46. The van der Waals surface area contributed by atoms with Gasteiger partial charge in [-0.05, 0) is 28.5 Å². The van der Waals surface area contributed by atoms with Gasteiger partial charge in [-0.25, -0.2) is 14.5 Å². The second-order valence-corrected chi connectivity index (χ2v) is 12.1. The normalized spacial score (nSPS) is 18.2. The van der Waals surface area contributed by atoms with Crippen LogP contribution in [0.25, 0.3) is 0 Å². The standard InChI is InChI=1S/C24H23N9O7S3/c1-11-2-4-12(5-3-11)7-40-29-16(14-10-42-23(25)26-14)19(36)27-17-20(37)33-18(22(38)39)13(8-41-21(17)33)9-43-24-28-30-31-32(24)6-15(34)35/h2-5,10,17,21H,6-9H2,1H3,(H2,25,26)(H,27,36)(H,34,35)(H,38,39)/t17?,21-/m1/s1. The summed E-state index contributed by atoms with van der Waals surface area (Å²) in [6, 6.07) is 6.54. The van der Waals surface area contributed by atoms with Crippen LogP contribution in [0.1, 0.15) is 16.8 Å². The number of benzene rings is 1. The summed E-state index contributed by atoms with van der Waals surface area (Å²) in [7, 11) is 0. The highest BCUT2D eigenvalue weighted by Gasteiger charge is 2.54. The van der Waals surface area contributed by atoms with Crippen molar-refractivity contribution in [1.82, 2.24) is 35.4 Å². The fraction of sp³-hybridized carbons (Fsp3) is 0.292. The number of aromatic nitrogens is 5. The zero-order chi connectivity index (χ0) is 30.7. The van der Waals surface area contributed by atoms with E-state index >= 15 is 0 Å². The number of amides is 2. The number of thiazole rings is 1. The topological polar surface area (TPSA) is 228 Å². The van der Waals surface area contributed by atoms with E-state index in [1.54, 1.807) is 0 Å². The SMILES string of the molecule is Cc1ccc(CON=C(C(=O)NC2C(=O)N3C(C(=O)O)=C(CSc4nnnn4CC(=O)O)CS[C@H]23)c2csc(N)n2)cc1. The average Bonchev–Trinajstić information content (AvgIpc) is 3.60. The van der Waals surface area contributed by atoms with Gasteiger partial charge < -0.3 is 26.1 Å². The Bertz CT molecular complexity index is 1640. The molecule has 19 heteroatoms. The Labute approximate surface area is 255 Å². The maximum atomic E-state index is 13.3. The molecule has 1 aromatic carbocycles. The minimum Gasteiger partial charge on any atom is -0.480 e. The predicted octanol–water partition coefficient (Wildman–Crippen LogP) is 0.557. The van der Waals surface area contributed by atoms with E-state index in [0.717, 1.165) is 43.8 Å². The Morgan fingerprint density at radius 1 is 1.26 bits per heavy atom. The molecule has 0 aliphatic carbocycles. The van der Waals surface area contributed by atoms with Gasteiger partial charge >= 0.3 is 11.9 Å². The van der Waals surface area contributed by atoms with Crippen molar-refractivity contribution >= 4 is 69.5 Å². The summed E-state index contributed by atoms with van der Waals surface area (Å²) in [6.07, 6.45) is 0. The molecule has 1 saturated heterocycles. The Kier molecular flexibility index (Phi) is 8.92. The van der Waals surface area contributed by atoms with E-state index in [9.17, 15) is 24.3 Å². The number of aliphatic carboxylic acids is 2. The largest absolute Gasteiger partial charge is 0.480 e. The van der Waals surface area contributed by atoms with E-state index < -0.39 is 41.7 Å². The Balaban J connectivity index is 1.28. The lowest BCUT2D eigenvalue weighted by Crippen LogP contribution is -2.71. The van der Waals surface area contributed by atoms with Gasteiger partial charge in [0.15, 0.2) is 10.8 Å². The lowest BCUT2D eigenvalue weighted by Gasteiger charge is -2.49. The van der Waals surface area contributed by atoms with E-state index in [2.05, 4.69) is 31.0 Å². The number of tetrazole rings is 1. The number of hydrogen-bond donors (Lipinski definition) is 4. The number of nitrogens with zero attached hydrogens (tertiary/aromatic N) is 7. The smallest absolute Gasteiger partial charge is 0.352 e. The quantitative estimate of drug-likeness (QED) is 0.0913. The fourth-order valence-electron chi connectivity index (χ4n) is 4.14. The maximum absolute atomic E-state index is 13.3. The van der Waals surface area contributed by atoms with Crippen molar-refractivity contribution in [2.24, 2.45) is 5.16 Å². The summed E-state index contributed by atoms with van der Waals surface area (Å²) in [4.78, 5) is 60.4. The van der Waals surface area contributed by atoms with E-state index in [4.69, 9.17) is 15.7 Å². The number of β-lactam (4-membered cyclic amide) rings is 1. The van der Waals surface area contributed by atoms with Crippen LogP contribution in [0.3, 0.4) is 0 Å². The molecule has 43 heavy (non-hydrogen) atoms. The molecular weight excluding hydrogens is 623 g/mol. The van der Waals surface area contributed by atoms with Crippen molar-refractivity contribution < 1.29 is 34.2 Å². The van der Waals surface area contributed by atoms with Crippen LogP contribution in [0.2, 0.25) is 0 Å². The van der Waals surface area contributed by atoms with E-state index in [1.165, 1.54) is 17.1 Å². The van der Waals surface area contributed by atoms with Gasteiger partial charge in [-0.2, -0.15) is 0 Å². The number of oxime groups is 1. The number of carboxylic acid groups (broad SMARTS) is 2. The first kappa shape index (κ1) is 30.0. The number of nitrogen functional groups attached to an aromatic ring is 1. The highest BCUT2D eigenvalue weighted by Crippen LogP contribution is 2.41. The van der Waals surface area contributed by atoms with E-state index in [0.29, 0.717) is 5.57 Å². The lowest BCUT2D eigenvalue weighted by atomic mass is 10.0. The third kappa shape index (κ3) is 6.62. The first-order chi connectivity index (χ1) is 20.6. The molecule has 0 bridgehead atoms. The summed E-state index contributed by atoms with van der Waals surface area (Å²) in [5, 5.41) is 37.7. The highest BCUT2D eigenvalue weighted by molar-refractivity contribution is 8.01. The monoisotopic (exact) mass is 645 g/mol. The van der Waals surface area contributed by atoms with Crippen LogP contribution in [0.5, 0.6) is 0 Å². The number of nitrogens with one attached hydrogen (secondary N) is 1. The molecule has 1 unspecified atom stereocenters. The Hall–Kier alpha value is -4.49. The third-order valence-electron chi connectivity index (χ3n) is 6.18. The summed E-state index contributed by atoms with van der Waals surface area (Å²) in [5.41, 5.74) is 7.87. The molecule has 2 atom stereocenters. The molecule has 5 N–H and O–H groups in total. The molecule has 2 aromatic heterocycles. The molecule has 0 radical (unpaired) electrons. The minimum atomic E-state index is -1.31. The number of aryl methyl sites for hydroxylation is 1. The first-order valence-corrected chi connectivity index (χ1v) is 15.3. The van der Waals surface area contributed by atoms with Gasteiger partial charge in [0.05, 0.1) is 0 Å². The summed E-state index contributed by atoms with van der Waals surface area (Å²) >= 11 is 3.43. The van der Waals surface area contributed by atoms with Crippen LogP contribution in [0.15, 0.2) is 51.2 Å². The van der Waals surface area contributed by atoms with Crippen LogP contribution >= 0.6 is 34.9 Å². The van der Waals surface area contributed by atoms with Crippen molar-refractivity contribution in [1.29, 1.82) is 0 Å². The van der Waals surface area contributed by atoms with Crippen molar-refractivity contribution in [3.63, 3.8) is 0 Å². The third-order valence-corrected chi connectivity index (χ3v) is 9.24. The molecule has 224 valence electrons. The average molecular weight is 646 g/mol. The maximum Gasteiger partial charge on any atom is 0.352 e. The second kappa shape index (κ2) is 12.8. The molecule has 16 nitrogen and oxygen atoms in total. The van der Waals surface area contributed by atoms with Crippen LogP contribution in [-0.4, -0.2) is 92.7 Å². The molecule has 5 rings (SSSR count). The minimum absolute atomic E-state index is 0.0848.